The molecule has 2 aromatic rings. The Morgan fingerprint density at radius 2 is 1.62 bits per heavy atom. The molecule has 1 aliphatic carbocycles. The van der Waals surface area contributed by atoms with Crippen LogP contribution >= 0.6 is 0 Å². The molecule has 1 fully saturated rings. The Bertz CT molecular complexity index is 1100. The smallest absolute Gasteiger partial charge is 0.408 e. The summed E-state index contributed by atoms with van der Waals surface area (Å²) in [6.07, 6.45) is -0.379. The minimum Gasteiger partial charge on any atom is -0.467 e. The number of methoxy groups -OCH3 is 1. The van der Waals surface area contributed by atoms with Gasteiger partial charge in [-0.2, -0.15) is 8.42 Å². The third-order valence-electron chi connectivity index (χ3n) is 5.03. The fraction of sp³-hybridized carbons (Fsp3) is 0.391. The maximum absolute atomic E-state index is 12.5. The molecule has 9 heteroatoms. The lowest BCUT2D eigenvalue weighted by Gasteiger charge is -2.23. The quantitative estimate of drug-likeness (QED) is 0.516. The second-order valence-corrected chi connectivity index (χ2v) is 10.3. The van der Waals surface area contributed by atoms with Gasteiger partial charge < -0.3 is 19.0 Å². The summed E-state index contributed by atoms with van der Waals surface area (Å²) in [7, 11) is -2.72. The van der Waals surface area contributed by atoms with Crippen LogP contribution in [0.25, 0.3) is 0 Å². The van der Waals surface area contributed by atoms with Crippen molar-refractivity contribution >= 4 is 22.2 Å². The van der Waals surface area contributed by atoms with Gasteiger partial charge in [-0.25, -0.2) is 9.59 Å². The highest BCUT2D eigenvalue weighted by Crippen LogP contribution is 2.52. The third kappa shape index (κ3) is 5.21. The number of aryl methyl sites for hydroxylation is 1. The molecule has 0 spiro atoms. The van der Waals surface area contributed by atoms with Gasteiger partial charge in [0.25, 0.3) is 0 Å². The Morgan fingerprint density at radius 1 is 1.03 bits per heavy atom. The van der Waals surface area contributed by atoms with Crippen LogP contribution < -0.4 is 9.50 Å². The van der Waals surface area contributed by atoms with E-state index in [1.807, 2.05) is 6.92 Å². The fourth-order valence-corrected chi connectivity index (χ4v) is 4.31. The molecule has 3 rings (SSSR count). The average molecular weight is 462 g/mol. The van der Waals surface area contributed by atoms with Crippen LogP contribution in [0.4, 0.5) is 4.79 Å². The molecule has 0 saturated heterocycles. The molecule has 1 amide bonds. The highest BCUT2D eigenvalue weighted by Gasteiger charge is 2.63. The normalized spacial score (nSPS) is 20.2. The number of carbonyl (C=O) groups excluding carboxylic acids is 2. The number of hydrogen-bond acceptors (Lipinski definition) is 7. The molecule has 1 N–H and O–H groups in total. The van der Waals surface area contributed by atoms with Crippen molar-refractivity contribution in [1.82, 2.24) is 5.32 Å². The largest absolute Gasteiger partial charge is 0.467 e. The Balaban J connectivity index is 1.74. The number of hydrogen-bond donors (Lipinski definition) is 1. The Labute approximate surface area is 188 Å². The van der Waals surface area contributed by atoms with Crippen molar-refractivity contribution in [2.24, 2.45) is 0 Å². The van der Waals surface area contributed by atoms with Crippen molar-refractivity contribution in [3.63, 3.8) is 0 Å². The minimum absolute atomic E-state index is 0.0561. The van der Waals surface area contributed by atoms with E-state index in [0.717, 1.165) is 11.1 Å². The molecule has 2 atom stereocenters. The highest BCUT2D eigenvalue weighted by atomic mass is 32.2. The summed E-state index contributed by atoms with van der Waals surface area (Å²) in [4.78, 5) is 24.7. The number of alkyl carbamates (subject to hydrolysis) is 1. The first kappa shape index (κ1) is 23.6. The molecule has 0 heterocycles. The van der Waals surface area contributed by atoms with Gasteiger partial charge in [-0.15, -0.1) is 0 Å². The van der Waals surface area contributed by atoms with E-state index in [1.165, 1.54) is 31.4 Å². The summed E-state index contributed by atoms with van der Waals surface area (Å²) >= 11 is 0. The number of amides is 1. The SMILES string of the molecule is COC(=O)C1(NC(=O)OC(C)(C)C)C[C@H]1c1ccc(OS(=O)(=O)c2ccc(C)cc2)cc1. The van der Waals surface area contributed by atoms with Gasteiger partial charge in [0.2, 0.25) is 0 Å². The van der Waals surface area contributed by atoms with Crippen molar-refractivity contribution in [3.05, 3.63) is 59.7 Å². The zero-order chi connectivity index (χ0) is 23.7. The van der Waals surface area contributed by atoms with Crippen LogP contribution in [0.1, 0.15) is 44.2 Å². The number of esters is 1. The number of ether oxygens (including phenoxy) is 2. The first-order valence-corrected chi connectivity index (χ1v) is 11.5. The maximum Gasteiger partial charge on any atom is 0.408 e. The molecule has 8 nitrogen and oxygen atoms in total. The second-order valence-electron chi connectivity index (χ2n) is 8.77. The maximum atomic E-state index is 12.5. The second kappa shape index (κ2) is 8.46. The van der Waals surface area contributed by atoms with E-state index in [2.05, 4.69) is 5.32 Å². The van der Waals surface area contributed by atoms with E-state index in [4.69, 9.17) is 13.7 Å². The van der Waals surface area contributed by atoms with E-state index in [-0.39, 0.29) is 16.6 Å². The first-order chi connectivity index (χ1) is 14.9. The van der Waals surface area contributed by atoms with E-state index in [1.54, 1.807) is 45.0 Å². The van der Waals surface area contributed by atoms with Crippen LogP contribution in [0, 0.1) is 6.92 Å². The lowest BCUT2D eigenvalue weighted by Crippen LogP contribution is -2.47. The molecule has 1 unspecified atom stereocenters. The zero-order valence-electron chi connectivity index (χ0n) is 18.7. The van der Waals surface area contributed by atoms with Crippen molar-refractivity contribution in [3.8, 4) is 5.75 Å². The standard InChI is InChI=1S/C23H27NO7S/c1-15-6-12-18(13-7-15)32(27,28)31-17-10-8-16(9-11-17)19-14-23(19,20(25)29-5)24-21(26)30-22(2,3)4/h6-13,19H,14H2,1-5H3,(H,24,26)/t19-,23?/m0/s1. The number of carbonyl (C=O) groups is 2. The monoisotopic (exact) mass is 461 g/mol. The van der Waals surface area contributed by atoms with Crippen LogP contribution in [0.3, 0.4) is 0 Å². The topological polar surface area (TPSA) is 108 Å². The summed E-state index contributed by atoms with van der Waals surface area (Å²) in [5.74, 6) is -0.778. The lowest BCUT2D eigenvalue weighted by molar-refractivity contribution is -0.144. The number of nitrogens with one attached hydrogen (secondary N) is 1. The molecule has 0 radical (unpaired) electrons. The molecule has 1 saturated carbocycles. The van der Waals surface area contributed by atoms with Gasteiger partial charge in [0, 0.05) is 5.92 Å². The van der Waals surface area contributed by atoms with Crippen LogP contribution in [0.15, 0.2) is 53.4 Å². The summed E-state index contributed by atoms with van der Waals surface area (Å²) in [6.45, 7) is 7.04. The van der Waals surface area contributed by atoms with Gasteiger partial charge in [0.15, 0.2) is 0 Å². The molecule has 2 aromatic carbocycles. The van der Waals surface area contributed by atoms with Crippen LogP contribution in [0.5, 0.6) is 5.75 Å². The molecule has 0 aromatic heterocycles. The van der Waals surface area contributed by atoms with Gasteiger partial charge in [0.05, 0.1) is 7.11 Å². The zero-order valence-corrected chi connectivity index (χ0v) is 19.5. The molecule has 172 valence electrons. The predicted octanol–water partition coefficient (Wildman–Crippen LogP) is 3.69. The van der Waals surface area contributed by atoms with E-state index >= 15 is 0 Å². The van der Waals surface area contributed by atoms with Crippen LogP contribution in [-0.4, -0.2) is 38.7 Å². The molecule has 32 heavy (non-hydrogen) atoms. The lowest BCUT2D eigenvalue weighted by atomic mass is 10.1. The molecule has 0 aliphatic heterocycles. The van der Waals surface area contributed by atoms with Crippen LogP contribution in [-0.2, 0) is 24.4 Å². The van der Waals surface area contributed by atoms with Crippen molar-refractivity contribution in [2.45, 2.75) is 56.1 Å². The van der Waals surface area contributed by atoms with Gasteiger partial charge in [-0.1, -0.05) is 29.8 Å². The van der Waals surface area contributed by atoms with Gasteiger partial charge in [-0.05, 0) is 63.9 Å². The van der Waals surface area contributed by atoms with Gasteiger partial charge >= 0.3 is 22.2 Å². The molecular weight excluding hydrogens is 434 g/mol. The van der Waals surface area contributed by atoms with Gasteiger partial charge in [0.1, 0.15) is 21.8 Å². The van der Waals surface area contributed by atoms with E-state index < -0.39 is 33.3 Å². The number of benzene rings is 2. The Hall–Kier alpha value is -3.07. The summed E-state index contributed by atoms with van der Waals surface area (Å²) in [5, 5.41) is 2.64. The summed E-state index contributed by atoms with van der Waals surface area (Å²) < 4.78 is 40.3. The average Bonchev–Trinajstić information content (AvgIpc) is 3.41. The summed E-state index contributed by atoms with van der Waals surface area (Å²) in [5.41, 5.74) is -0.278. The van der Waals surface area contributed by atoms with Crippen molar-refractivity contribution in [1.29, 1.82) is 0 Å². The molecule has 0 bridgehead atoms. The van der Waals surface area contributed by atoms with Crippen LogP contribution in [0.2, 0.25) is 0 Å². The predicted molar refractivity (Wildman–Crippen MR) is 117 cm³/mol. The number of rotatable bonds is 6. The van der Waals surface area contributed by atoms with E-state index in [9.17, 15) is 18.0 Å². The first-order valence-electron chi connectivity index (χ1n) is 10.1. The van der Waals surface area contributed by atoms with E-state index in [0.29, 0.717) is 6.42 Å². The Morgan fingerprint density at radius 3 is 2.16 bits per heavy atom. The van der Waals surface area contributed by atoms with Crippen molar-refractivity contribution < 1.29 is 31.7 Å². The Kier molecular flexibility index (Phi) is 6.24. The fourth-order valence-electron chi connectivity index (χ4n) is 3.38. The third-order valence-corrected chi connectivity index (χ3v) is 6.29. The summed E-state index contributed by atoms with van der Waals surface area (Å²) in [6, 6.07) is 12.7. The minimum atomic E-state index is -3.97. The van der Waals surface area contributed by atoms with Gasteiger partial charge in [-0.3, -0.25) is 0 Å². The molecular formula is C23H27NO7S. The highest BCUT2D eigenvalue weighted by molar-refractivity contribution is 7.87. The van der Waals surface area contributed by atoms with Crippen molar-refractivity contribution in [2.75, 3.05) is 7.11 Å². The molecule has 1 aliphatic rings.